The van der Waals surface area contributed by atoms with Crippen LogP contribution in [0, 0.1) is 6.92 Å². The van der Waals surface area contributed by atoms with Crippen LogP contribution >= 0.6 is 0 Å². The van der Waals surface area contributed by atoms with Crippen molar-refractivity contribution in [2.24, 2.45) is 0 Å². The van der Waals surface area contributed by atoms with Gasteiger partial charge >= 0.3 is 0 Å². The van der Waals surface area contributed by atoms with Crippen LogP contribution in [0.4, 0.5) is 0 Å². The van der Waals surface area contributed by atoms with Crippen LogP contribution in [-0.4, -0.2) is 118 Å². The number of nitrogens with one attached hydrogen (secondary N) is 1. The van der Waals surface area contributed by atoms with Gasteiger partial charge in [-0.15, -0.1) is 0 Å². The van der Waals surface area contributed by atoms with E-state index in [9.17, 15) is 9.90 Å². The highest BCUT2D eigenvalue weighted by Crippen LogP contribution is 2.39. The lowest BCUT2D eigenvalue weighted by atomic mass is 9.73. The fourth-order valence-corrected chi connectivity index (χ4v) is 4.48. The lowest BCUT2D eigenvalue weighted by molar-refractivity contribution is -0.207. The van der Waals surface area contributed by atoms with Crippen LogP contribution in [0.3, 0.4) is 0 Å². The van der Waals surface area contributed by atoms with Gasteiger partial charge in [-0.2, -0.15) is 5.10 Å². The Labute approximate surface area is 200 Å². The minimum Gasteiger partial charge on any atom is -0.483 e. The number of nitrogens with zero attached hydrogens (tertiary/aromatic N) is 4. The maximum atomic E-state index is 12.3. The normalized spacial score (nSPS) is 23.8. The molecule has 0 aromatic carbocycles. The third-order valence-electron chi connectivity index (χ3n) is 6.26. The highest BCUT2D eigenvalue weighted by atomic mass is 16.5. The predicted octanol–water partition coefficient (Wildman–Crippen LogP) is -0.355. The molecule has 0 aliphatic carbocycles. The zero-order valence-electron chi connectivity index (χ0n) is 20.5. The van der Waals surface area contributed by atoms with Crippen molar-refractivity contribution in [3.05, 3.63) is 18.0 Å². The topological polar surface area (TPSA) is 157 Å². The first-order valence-electron chi connectivity index (χ1n) is 11.2. The molecule has 0 unspecified atom stereocenters. The highest BCUT2D eigenvalue weighted by Gasteiger charge is 2.53. The number of amides is 1. The van der Waals surface area contributed by atoms with Crippen molar-refractivity contribution in [3.63, 3.8) is 0 Å². The van der Waals surface area contributed by atoms with Gasteiger partial charge in [0.1, 0.15) is 6.10 Å². The lowest BCUT2D eigenvalue weighted by Crippen LogP contribution is -2.69. The molecule has 0 saturated carbocycles. The number of hydrogen-bond donors (Lipinski definition) is 4. The molecule has 2 atom stereocenters. The van der Waals surface area contributed by atoms with Crippen molar-refractivity contribution in [2.45, 2.75) is 56.9 Å². The summed E-state index contributed by atoms with van der Waals surface area (Å²) in [6, 6.07) is 2.02. The van der Waals surface area contributed by atoms with E-state index in [0.717, 1.165) is 39.0 Å². The average Bonchev–Trinajstić information content (AvgIpc) is 3.17. The molecule has 2 saturated heterocycles. The zero-order chi connectivity index (χ0) is 25.8. The second-order valence-corrected chi connectivity index (χ2v) is 9.02. The smallest absolute Gasteiger partial charge is 0.290 e. The van der Waals surface area contributed by atoms with Crippen LogP contribution in [0.5, 0.6) is 0 Å². The number of carboxylic acid groups (broad SMARTS) is 2. The summed E-state index contributed by atoms with van der Waals surface area (Å²) in [5.74, 6) is -0.0596. The Kier molecular flexibility index (Phi) is 12.1. The molecule has 3 rings (SSSR count). The molecule has 34 heavy (non-hydrogen) atoms. The van der Waals surface area contributed by atoms with E-state index in [0.29, 0.717) is 19.6 Å². The Morgan fingerprint density at radius 1 is 1.24 bits per heavy atom. The van der Waals surface area contributed by atoms with Crippen LogP contribution in [0.1, 0.15) is 31.9 Å². The van der Waals surface area contributed by atoms with E-state index >= 15 is 0 Å². The molecule has 12 heteroatoms. The Bertz CT molecular complexity index is 759. The monoisotopic (exact) mass is 485 g/mol. The molecule has 0 bridgehead atoms. The summed E-state index contributed by atoms with van der Waals surface area (Å²) < 4.78 is 8.16. The molecule has 194 valence electrons. The van der Waals surface area contributed by atoms with Gasteiger partial charge in [-0.1, -0.05) is 0 Å². The van der Waals surface area contributed by atoms with E-state index in [-0.39, 0.29) is 18.9 Å². The Hall–Kier alpha value is -2.54. The van der Waals surface area contributed by atoms with Gasteiger partial charge in [-0.05, 0) is 53.3 Å². The summed E-state index contributed by atoms with van der Waals surface area (Å²) in [4.78, 5) is 33.3. The molecule has 0 radical (unpaired) electrons. The van der Waals surface area contributed by atoms with E-state index in [1.54, 1.807) is 0 Å². The first-order valence-corrected chi connectivity index (χ1v) is 11.2. The maximum absolute atomic E-state index is 12.3. The summed E-state index contributed by atoms with van der Waals surface area (Å²) in [6.07, 6.45) is 3.28. The molecule has 3 heterocycles. The van der Waals surface area contributed by atoms with Crippen molar-refractivity contribution >= 4 is 18.9 Å². The summed E-state index contributed by atoms with van der Waals surface area (Å²) in [7, 11) is 3.73. The van der Waals surface area contributed by atoms with Gasteiger partial charge in [0.25, 0.3) is 12.9 Å². The number of aliphatic hydroxyl groups is 1. The lowest BCUT2D eigenvalue weighted by Gasteiger charge is -2.53. The predicted molar refractivity (Wildman–Crippen MR) is 124 cm³/mol. The quantitative estimate of drug-likeness (QED) is 0.392. The van der Waals surface area contributed by atoms with Crippen molar-refractivity contribution in [1.82, 2.24) is 24.9 Å². The summed E-state index contributed by atoms with van der Waals surface area (Å²) >= 11 is 0. The van der Waals surface area contributed by atoms with Gasteiger partial charge in [0.05, 0.1) is 24.2 Å². The molecule has 1 aromatic rings. The molecule has 12 nitrogen and oxygen atoms in total. The fourth-order valence-electron chi connectivity index (χ4n) is 4.48. The van der Waals surface area contributed by atoms with E-state index < -0.39 is 17.2 Å². The van der Waals surface area contributed by atoms with Crippen LogP contribution in [0.15, 0.2) is 12.3 Å². The minimum absolute atomic E-state index is 0.0596. The first kappa shape index (κ1) is 29.5. The molecule has 2 aliphatic rings. The largest absolute Gasteiger partial charge is 0.483 e. The van der Waals surface area contributed by atoms with Crippen LogP contribution in [0.25, 0.3) is 0 Å². The van der Waals surface area contributed by atoms with Crippen molar-refractivity contribution < 1.29 is 34.4 Å². The van der Waals surface area contributed by atoms with Crippen LogP contribution in [-0.2, 0) is 25.7 Å². The summed E-state index contributed by atoms with van der Waals surface area (Å²) in [5.41, 5.74) is -0.0559. The van der Waals surface area contributed by atoms with Gasteiger partial charge in [-0.3, -0.25) is 19.1 Å². The number of hydrogen-bond acceptors (Lipinski definition) is 8. The van der Waals surface area contributed by atoms with Crippen LogP contribution < -0.4 is 5.32 Å². The number of rotatable bonds is 6. The first-order chi connectivity index (χ1) is 16.1. The molecular formula is C22H39N5O7. The van der Waals surface area contributed by atoms with E-state index in [4.69, 9.17) is 24.5 Å². The molecule has 2 fully saturated rings. The number of ether oxygens (including phenoxy) is 1. The van der Waals surface area contributed by atoms with Gasteiger partial charge in [0.2, 0.25) is 5.91 Å². The molecule has 1 aromatic heterocycles. The number of carbonyl (C=O) groups is 3. The van der Waals surface area contributed by atoms with Crippen molar-refractivity contribution in [2.75, 3.05) is 46.9 Å². The number of likely N-dealkylation sites (tertiary alicyclic amines) is 1. The highest BCUT2D eigenvalue weighted by molar-refractivity contribution is 5.78. The van der Waals surface area contributed by atoms with Gasteiger partial charge in [0.15, 0.2) is 0 Å². The average molecular weight is 486 g/mol. The second kappa shape index (κ2) is 14.0. The van der Waals surface area contributed by atoms with E-state index in [2.05, 4.69) is 22.2 Å². The Morgan fingerprint density at radius 2 is 1.82 bits per heavy atom. The van der Waals surface area contributed by atoms with E-state index in [1.165, 1.54) is 5.69 Å². The van der Waals surface area contributed by atoms with Crippen molar-refractivity contribution in [3.8, 4) is 0 Å². The van der Waals surface area contributed by atoms with Gasteiger partial charge in [-0.25, -0.2) is 0 Å². The third kappa shape index (κ3) is 8.35. The third-order valence-corrected chi connectivity index (χ3v) is 6.26. The number of aromatic nitrogens is 2. The number of carbonyl (C=O) groups excluding carboxylic acids is 1. The maximum Gasteiger partial charge on any atom is 0.290 e. The molecule has 1 amide bonds. The molecular weight excluding hydrogens is 446 g/mol. The SMILES string of the molecule is Cc1ccnn1CCN1CCC2(CC1)OCC[C@](C)(NC(=O)CN(C)C)[C@H]2O.O=CO.O=CO. The zero-order valence-corrected chi connectivity index (χ0v) is 20.5. The van der Waals surface area contributed by atoms with Crippen LogP contribution in [0.2, 0.25) is 0 Å². The fraction of sp³-hybridized carbons (Fsp3) is 0.727. The summed E-state index contributed by atoms with van der Waals surface area (Å²) in [5, 5.41) is 32.4. The van der Waals surface area contributed by atoms with Gasteiger partial charge in [0, 0.05) is 38.1 Å². The number of aliphatic hydroxyl groups excluding tert-OH is 1. The number of aryl methyl sites for hydroxylation is 1. The van der Waals surface area contributed by atoms with Crippen molar-refractivity contribution in [1.29, 1.82) is 0 Å². The Morgan fingerprint density at radius 3 is 2.32 bits per heavy atom. The number of likely N-dealkylation sites (N-methyl/N-ethyl adjacent to an activating group) is 1. The minimum atomic E-state index is -0.713. The number of piperidine rings is 1. The van der Waals surface area contributed by atoms with E-state index in [1.807, 2.05) is 42.9 Å². The second-order valence-electron chi connectivity index (χ2n) is 9.02. The molecule has 1 spiro atoms. The summed E-state index contributed by atoms with van der Waals surface area (Å²) in [6.45, 7) is 7.94. The molecule has 2 aliphatic heterocycles. The molecule has 4 N–H and O–H groups in total. The van der Waals surface area contributed by atoms with Gasteiger partial charge < -0.3 is 35.2 Å². The standard InChI is InChI=1S/C20H35N5O3.2CH2O2/c1-16-5-9-21-25(16)13-12-24-10-6-20(7-11-24)18(27)19(2,8-14-28-20)22-17(26)15-23(3)4;2*2-1-3/h5,9,18,27H,6-8,10-15H2,1-4H3,(H,22,26);2*1H,(H,2,3)/t18-,19+;;/m1../s1. The Balaban J connectivity index is 0.000000872.